The molecule has 3 nitrogen and oxygen atoms in total. The smallest absolute Gasteiger partial charge is 0.185 e. The largest absolute Gasteiger partial charge is 0.289 e. The van der Waals surface area contributed by atoms with Gasteiger partial charge in [0.05, 0.1) is 11.4 Å². The third-order valence-electron chi connectivity index (χ3n) is 2.94. The molecule has 2 aromatic heterocycles. The van der Waals surface area contributed by atoms with E-state index >= 15 is 0 Å². The monoisotopic (exact) mass is 370 g/mol. The molecule has 0 saturated heterocycles. The van der Waals surface area contributed by atoms with Gasteiger partial charge in [-0.2, -0.15) is 0 Å². The van der Waals surface area contributed by atoms with Crippen molar-refractivity contribution in [2.24, 2.45) is 0 Å². The van der Waals surface area contributed by atoms with Gasteiger partial charge < -0.3 is 0 Å². The van der Waals surface area contributed by atoms with Crippen LogP contribution < -0.4 is 0 Å². The fraction of sp³-hybridized carbons (Fsp3) is 0. The van der Waals surface area contributed by atoms with Gasteiger partial charge in [-0.1, -0.05) is 22.0 Å². The second-order valence-corrected chi connectivity index (χ2v) is 6.27. The molecular weight excluding hydrogens is 360 g/mol. The minimum absolute atomic E-state index is 0.0418. The van der Waals surface area contributed by atoms with Crippen LogP contribution in [-0.2, 0) is 0 Å². The third kappa shape index (κ3) is 3.55. The van der Waals surface area contributed by atoms with E-state index in [1.807, 2.05) is 35.7 Å². The van der Waals surface area contributed by atoms with Crippen molar-refractivity contribution >= 4 is 39.1 Å². The molecule has 0 fully saturated rings. The second kappa shape index (κ2) is 6.77. The van der Waals surface area contributed by atoms with Gasteiger partial charge in [0.25, 0.3) is 0 Å². The Bertz CT molecular complexity index is 810. The van der Waals surface area contributed by atoms with Crippen molar-refractivity contribution in [1.29, 1.82) is 0 Å². The molecule has 3 rings (SSSR count). The summed E-state index contributed by atoms with van der Waals surface area (Å²) in [5, 5.41) is 2.76. The van der Waals surface area contributed by atoms with Crippen molar-refractivity contribution < 1.29 is 4.79 Å². The van der Waals surface area contributed by atoms with E-state index in [2.05, 4.69) is 25.9 Å². The molecule has 5 heteroatoms. The number of carbonyl (C=O) groups excluding carboxylic acids is 1. The van der Waals surface area contributed by atoms with Gasteiger partial charge in [0.2, 0.25) is 0 Å². The Balaban J connectivity index is 1.75. The van der Waals surface area contributed by atoms with Crippen molar-refractivity contribution in [1.82, 2.24) is 9.97 Å². The van der Waals surface area contributed by atoms with Crippen LogP contribution >= 0.6 is 27.3 Å². The number of thiazole rings is 1. The summed E-state index contributed by atoms with van der Waals surface area (Å²) >= 11 is 4.86. The van der Waals surface area contributed by atoms with Crippen LogP contribution in [0.15, 0.2) is 64.6 Å². The lowest BCUT2D eigenvalue weighted by Crippen LogP contribution is -1.93. The molecule has 0 aliphatic heterocycles. The summed E-state index contributed by atoms with van der Waals surface area (Å²) in [5.74, 6) is -0.0418. The van der Waals surface area contributed by atoms with E-state index in [1.54, 1.807) is 30.5 Å². The maximum atomic E-state index is 12.1. The van der Waals surface area contributed by atoms with Crippen LogP contribution in [0.4, 0.5) is 0 Å². The normalized spacial score (nSPS) is 11.0. The number of hydrogen-bond acceptors (Lipinski definition) is 4. The molecule has 3 aromatic rings. The van der Waals surface area contributed by atoms with E-state index in [1.165, 1.54) is 11.3 Å². The number of aromatic nitrogens is 2. The topological polar surface area (TPSA) is 42.9 Å². The fourth-order valence-electron chi connectivity index (χ4n) is 1.84. The standard InChI is InChI=1S/C17H11BrN2OS/c18-13-6-4-12(5-7-13)16(21)9-8-14-11-22-17(20-14)15-3-1-2-10-19-15/h1-11H/b9-8+. The van der Waals surface area contributed by atoms with Crippen LogP contribution in [0.3, 0.4) is 0 Å². The SMILES string of the molecule is O=C(/C=C/c1csc(-c2ccccn2)n1)c1ccc(Br)cc1. The van der Waals surface area contributed by atoms with E-state index in [0.29, 0.717) is 5.56 Å². The van der Waals surface area contributed by atoms with Crippen LogP contribution in [0.1, 0.15) is 16.1 Å². The van der Waals surface area contributed by atoms with Crippen LogP contribution in [-0.4, -0.2) is 15.8 Å². The van der Waals surface area contributed by atoms with E-state index in [9.17, 15) is 4.79 Å². The van der Waals surface area contributed by atoms with Crippen LogP contribution in [0.2, 0.25) is 0 Å². The number of ketones is 1. The zero-order chi connectivity index (χ0) is 15.4. The second-order valence-electron chi connectivity index (χ2n) is 4.50. The highest BCUT2D eigenvalue weighted by Gasteiger charge is 2.05. The number of halogens is 1. The predicted molar refractivity (Wildman–Crippen MR) is 92.9 cm³/mol. The number of pyridine rings is 1. The number of carbonyl (C=O) groups is 1. The van der Waals surface area contributed by atoms with Crippen molar-refractivity contribution in [2.45, 2.75) is 0 Å². The van der Waals surface area contributed by atoms with E-state index in [4.69, 9.17) is 0 Å². The maximum Gasteiger partial charge on any atom is 0.185 e. The van der Waals surface area contributed by atoms with Crippen molar-refractivity contribution in [3.63, 3.8) is 0 Å². The average Bonchev–Trinajstić information content (AvgIpc) is 3.03. The first-order valence-corrected chi connectivity index (χ1v) is 8.24. The van der Waals surface area contributed by atoms with Crippen molar-refractivity contribution in [3.8, 4) is 10.7 Å². The minimum Gasteiger partial charge on any atom is -0.289 e. The Morgan fingerprint density at radius 1 is 1.14 bits per heavy atom. The van der Waals surface area contributed by atoms with E-state index < -0.39 is 0 Å². The Morgan fingerprint density at radius 2 is 1.95 bits per heavy atom. The molecule has 1 aromatic carbocycles. The first kappa shape index (κ1) is 14.8. The first-order chi connectivity index (χ1) is 10.7. The number of benzene rings is 1. The molecule has 0 unspecified atom stereocenters. The molecule has 0 amide bonds. The van der Waals surface area contributed by atoms with Gasteiger partial charge in [-0.25, -0.2) is 4.98 Å². The molecule has 0 saturated carbocycles. The summed E-state index contributed by atoms with van der Waals surface area (Å²) in [7, 11) is 0. The van der Waals surface area contributed by atoms with E-state index in [-0.39, 0.29) is 5.78 Å². The van der Waals surface area contributed by atoms with Gasteiger partial charge in [0.1, 0.15) is 5.01 Å². The molecule has 0 radical (unpaired) electrons. The Hall–Kier alpha value is -2.11. The third-order valence-corrected chi connectivity index (χ3v) is 4.35. The molecule has 0 bridgehead atoms. The zero-order valence-electron chi connectivity index (χ0n) is 11.4. The minimum atomic E-state index is -0.0418. The Labute approximate surface area is 140 Å². The molecule has 2 heterocycles. The molecule has 22 heavy (non-hydrogen) atoms. The van der Waals surface area contributed by atoms with Crippen LogP contribution in [0.5, 0.6) is 0 Å². The first-order valence-electron chi connectivity index (χ1n) is 6.57. The fourth-order valence-corrected chi connectivity index (χ4v) is 2.87. The lowest BCUT2D eigenvalue weighted by molar-refractivity contribution is 0.104. The number of nitrogens with zero attached hydrogens (tertiary/aromatic N) is 2. The van der Waals surface area contributed by atoms with Gasteiger partial charge in [0, 0.05) is 21.6 Å². The summed E-state index contributed by atoms with van der Waals surface area (Å²) in [5.41, 5.74) is 2.25. The van der Waals surface area contributed by atoms with Gasteiger partial charge in [0.15, 0.2) is 5.78 Å². The lowest BCUT2D eigenvalue weighted by atomic mass is 10.1. The highest BCUT2D eigenvalue weighted by molar-refractivity contribution is 9.10. The van der Waals surface area contributed by atoms with Crippen LogP contribution in [0.25, 0.3) is 16.8 Å². The molecule has 0 aliphatic rings. The summed E-state index contributed by atoms with van der Waals surface area (Å²) in [6, 6.07) is 13.0. The van der Waals surface area contributed by atoms with Crippen molar-refractivity contribution in [3.05, 3.63) is 75.8 Å². The summed E-state index contributed by atoms with van der Waals surface area (Å²) in [6.45, 7) is 0. The Kier molecular flexibility index (Phi) is 4.56. The van der Waals surface area contributed by atoms with Gasteiger partial charge >= 0.3 is 0 Å². The maximum absolute atomic E-state index is 12.1. The zero-order valence-corrected chi connectivity index (χ0v) is 13.8. The summed E-state index contributed by atoms with van der Waals surface area (Å²) in [4.78, 5) is 20.8. The highest BCUT2D eigenvalue weighted by Crippen LogP contribution is 2.22. The van der Waals surface area contributed by atoms with Crippen LogP contribution in [0, 0.1) is 0 Å². The lowest BCUT2D eigenvalue weighted by Gasteiger charge is -1.95. The molecule has 0 atom stereocenters. The van der Waals surface area contributed by atoms with Gasteiger partial charge in [-0.05, 0) is 48.6 Å². The number of allylic oxidation sites excluding steroid dienone is 1. The van der Waals surface area contributed by atoms with E-state index in [0.717, 1.165) is 20.9 Å². The number of hydrogen-bond donors (Lipinski definition) is 0. The molecule has 0 N–H and O–H groups in total. The Morgan fingerprint density at radius 3 is 2.68 bits per heavy atom. The average molecular weight is 371 g/mol. The predicted octanol–water partition coefficient (Wildman–Crippen LogP) is 4.86. The quantitative estimate of drug-likeness (QED) is 0.486. The molecule has 0 aliphatic carbocycles. The number of rotatable bonds is 4. The van der Waals surface area contributed by atoms with Gasteiger partial charge in [-0.15, -0.1) is 11.3 Å². The van der Waals surface area contributed by atoms with Crippen molar-refractivity contribution in [2.75, 3.05) is 0 Å². The summed E-state index contributed by atoms with van der Waals surface area (Å²) in [6.07, 6.45) is 5.01. The molecular formula is C17H11BrN2OS. The van der Waals surface area contributed by atoms with Gasteiger partial charge in [-0.3, -0.25) is 9.78 Å². The summed E-state index contributed by atoms with van der Waals surface area (Å²) < 4.78 is 0.951. The highest BCUT2D eigenvalue weighted by atomic mass is 79.9. The molecule has 108 valence electrons. The molecule has 0 spiro atoms.